The standard InChI is InChI=1S/C19H15N5OS3/c25-17(12-5-2-1-3-6-12)24-9-8-13-15(11-24)27-18(20-13)21-19-23-22-16(28-19)14-7-4-10-26-14/h1-7,10H,8-9,11H2,(H,20,21,23). The van der Waals surface area contributed by atoms with Gasteiger partial charge in [-0.1, -0.05) is 46.9 Å². The van der Waals surface area contributed by atoms with Crippen LogP contribution in [0.4, 0.5) is 10.3 Å². The zero-order valence-corrected chi connectivity index (χ0v) is 17.1. The first-order chi connectivity index (χ1) is 13.8. The fourth-order valence-electron chi connectivity index (χ4n) is 3.05. The highest BCUT2D eigenvalue weighted by atomic mass is 32.1. The molecule has 140 valence electrons. The molecule has 3 aromatic heterocycles. The summed E-state index contributed by atoms with van der Waals surface area (Å²) in [6.45, 7) is 1.28. The number of hydrogen-bond donors (Lipinski definition) is 1. The molecule has 1 aliphatic heterocycles. The maximum atomic E-state index is 12.7. The van der Waals surface area contributed by atoms with Crippen molar-refractivity contribution < 1.29 is 4.79 Å². The summed E-state index contributed by atoms with van der Waals surface area (Å²) in [6, 6.07) is 13.5. The topological polar surface area (TPSA) is 71.0 Å². The fraction of sp³-hybridized carbons (Fsp3) is 0.158. The predicted molar refractivity (Wildman–Crippen MR) is 114 cm³/mol. The van der Waals surface area contributed by atoms with Gasteiger partial charge in [0.05, 0.1) is 17.1 Å². The van der Waals surface area contributed by atoms with E-state index in [2.05, 4.69) is 15.5 Å². The molecule has 0 spiro atoms. The van der Waals surface area contributed by atoms with E-state index in [0.717, 1.165) is 42.7 Å². The number of nitrogens with one attached hydrogen (secondary N) is 1. The molecule has 9 heteroatoms. The molecule has 1 amide bonds. The number of amides is 1. The largest absolute Gasteiger partial charge is 0.333 e. The summed E-state index contributed by atoms with van der Waals surface area (Å²) in [6.07, 6.45) is 0.767. The van der Waals surface area contributed by atoms with E-state index >= 15 is 0 Å². The molecular formula is C19H15N5OS3. The Morgan fingerprint density at radius 2 is 1.93 bits per heavy atom. The van der Waals surface area contributed by atoms with Crippen molar-refractivity contribution in [2.24, 2.45) is 0 Å². The summed E-state index contributed by atoms with van der Waals surface area (Å²) < 4.78 is 0. The molecule has 0 radical (unpaired) electrons. The monoisotopic (exact) mass is 425 g/mol. The third kappa shape index (κ3) is 3.44. The third-order valence-corrected chi connectivity index (χ3v) is 7.29. The van der Waals surface area contributed by atoms with Gasteiger partial charge in [0.2, 0.25) is 5.13 Å². The summed E-state index contributed by atoms with van der Waals surface area (Å²) in [7, 11) is 0. The van der Waals surface area contributed by atoms with Gasteiger partial charge in [-0.05, 0) is 23.6 Å². The van der Waals surface area contributed by atoms with Crippen molar-refractivity contribution in [3.05, 3.63) is 64.0 Å². The van der Waals surface area contributed by atoms with E-state index in [1.807, 2.05) is 52.7 Å². The van der Waals surface area contributed by atoms with Gasteiger partial charge in [-0.2, -0.15) is 0 Å². The van der Waals surface area contributed by atoms with E-state index in [1.54, 1.807) is 22.7 Å². The number of anilines is 2. The number of thiazole rings is 1. The zero-order chi connectivity index (χ0) is 18.9. The molecule has 6 nitrogen and oxygen atoms in total. The van der Waals surface area contributed by atoms with Crippen molar-refractivity contribution in [1.82, 2.24) is 20.1 Å². The van der Waals surface area contributed by atoms with Gasteiger partial charge in [-0.15, -0.1) is 21.5 Å². The Hall–Kier alpha value is -2.62. The summed E-state index contributed by atoms with van der Waals surface area (Å²) in [5.74, 6) is 0.0684. The van der Waals surface area contributed by atoms with Crippen LogP contribution >= 0.6 is 34.0 Å². The van der Waals surface area contributed by atoms with Gasteiger partial charge in [0.1, 0.15) is 0 Å². The maximum Gasteiger partial charge on any atom is 0.254 e. The Morgan fingerprint density at radius 1 is 1.04 bits per heavy atom. The quantitative estimate of drug-likeness (QED) is 0.515. The van der Waals surface area contributed by atoms with E-state index in [4.69, 9.17) is 4.98 Å². The number of hydrogen-bond acceptors (Lipinski definition) is 8. The van der Waals surface area contributed by atoms with E-state index in [1.165, 1.54) is 11.3 Å². The molecule has 1 aliphatic rings. The normalized spacial score (nSPS) is 13.4. The molecule has 0 fully saturated rings. The second kappa shape index (κ2) is 7.42. The Balaban J connectivity index is 1.30. The summed E-state index contributed by atoms with van der Waals surface area (Å²) in [4.78, 5) is 21.5. The highest BCUT2D eigenvalue weighted by molar-refractivity contribution is 7.23. The van der Waals surface area contributed by atoms with E-state index < -0.39 is 0 Å². The zero-order valence-electron chi connectivity index (χ0n) is 14.7. The molecule has 4 heterocycles. The van der Waals surface area contributed by atoms with Gasteiger partial charge < -0.3 is 10.2 Å². The molecular weight excluding hydrogens is 410 g/mol. The second-order valence-corrected chi connectivity index (χ2v) is 9.26. The molecule has 0 bridgehead atoms. The van der Waals surface area contributed by atoms with Crippen LogP contribution in [-0.2, 0) is 13.0 Å². The lowest BCUT2D eigenvalue weighted by Crippen LogP contribution is -2.35. The maximum absolute atomic E-state index is 12.7. The Kier molecular flexibility index (Phi) is 4.63. The molecule has 0 saturated carbocycles. The lowest BCUT2D eigenvalue weighted by molar-refractivity contribution is 0.0736. The number of aromatic nitrogens is 3. The number of rotatable bonds is 4. The number of carbonyl (C=O) groups is 1. The second-order valence-electron chi connectivity index (χ2n) is 6.25. The van der Waals surface area contributed by atoms with Crippen molar-refractivity contribution in [2.45, 2.75) is 13.0 Å². The Bertz CT molecular complexity index is 1100. The van der Waals surface area contributed by atoms with Crippen molar-refractivity contribution in [2.75, 3.05) is 11.9 Å². The molecule has 1 aromatic carbocycles. The third-order valence-electron chi connectivity index (χ3n) is 4.41. The van der Waals surface area contributed by atoms with Crippen LogP contribution in [0, 0.1) is 0 Å². The number of nitrogens with zero attached hydrogens (tertiary/aromatic N) is 4. The minimum Gasteiger partial charge on any atom is -0.333 e. The van der Waals surface area contributed by atoms with Crippen molar-refractivity contribution in [3.63, 3.8) is 0 Å². The van der Waals surface area contributed by atoms with Crippen LogP contribution in [0.5, 0.6) is 0 Å². The van der Waals surface area contributed by atoms with Crippen LogP contribution in [0.1, 0.15) is 20.9 Å². The van der Waals surface area contributed by atoms with Gasteiger partial charge in [0, 0.05) is 23.4 Å². The minimum atomic E-state index is 0.0684. The number of benzene rings is 1. The van der Waals surface area contributed by atoms with E-state index in [9.17, 15) is 4.79 Å². The van der Waals surface area contributed by atoms with Crippen LogP contribution in [0.25, 0.3) is 9.88 Å². The highest BCUT2D eigenvalue weighted by Gasteiger charge is 2.25. The van der Waals surface area contributed by atoms with Crippen LogP contribution in [-0.4, -0.2) is 32.5 Å². The van der Waals surface area contributed by atoms with Crippen LogP contribution in [0.15, 0.2) is 47.8 Å². The number of fused-ring (bicyclic) bond motifs is 1. The smallest absolute Gasteiger partial charge is 0.254 e. The molecule has 0 saturated heterocycles. The van der Waals surface area contributed by atoms with Crippen molar-refractivity contribution in [1.29, 1.82) is 0 Å². The average molecular weight is 426 g/mol. The summed E-state index contributed by atoms with van der Waals surface area (Å²) in [5, 5.41) is 16.2. The Morgan fingerprint density at radius 3 is 2.75 bits per heavy atom. The number of thiophene rings is 1. The number of carbonyl (C=O) groups excluding carboxylic acids is 1. The van der Waals surface area contributed by atoms with Crippen LogP contribution < -0.4 is 5.32 Å². The fourth-order valence-corrected chi connectivity index (χ4v) is 5.67. The molecule has 0 atom stereocenters. The summed E-state index contributed by atoms with van der Waals surface area (Å²) >= 11 is 4.74. The van der Waals surface area contributed by atoms with Crippen LogP contribution in [0.2, 0.25) is 0 Å². The molecule has 5 rings (SSSR count). The minimum absolute atomic E-state index is 0.0684. The Labute approximate surface area is 173 Å². The molecule has 28 heavy (non-hydrogen) atoms. The van der Waals surface area contributed by atoms with Gasteiger partial charge in [0.25, 0.3) is 5.91 Å². The van der Waals surface area contributed by atoms with Gasteiger partial charge in [0.15, 0.2) is 10.1 Å². The van der Waals surface area contributed by atoms with Crippen molar-refractivity contribution in [3.8, 4) is 9.88 Å². The first-order valence-electron chi connectivity index (χ1n) is 8.73. The van der Waals surface area contributed by atoms with Crippen molar-refractivity contribution >= 4 is 50.2 Å². The first-order valence-corrected chi connectivity index (χ1v) is 11.2. The van der Waals surface area contributed by atoms with E-state index in [0.29, 0.717) is 13.1 Å². The molecule has 0 aliphatic carbocycles. The molecule has 1 N–H and O–H groups in total. The SMILES string of the molecule is O=C(c1ccccc1)N1CCc2nc(Nc3nnc(-c4cccs4)s3)sc2C1. The average Bonchev–Trinajstić information content (AvgIpc) is 3.48. The first kappa shape index (κ1) is 17.5. The lowest BCUT2D eigenvalue weighted by Gasteiger charge is -2.26. The molecule has 0 unspecified atom stereocenters. The van der Waals surface area contributed by atoms with Gasteiger partial charge in [-0.3, -0.25) is 4.79 Å². The highest BCUT2D eigenvalue weighted by Crippen LogP contribution is 2.34. The lowest BCUT2D eigenvalue weighted by atomic mass is 10.1. The van der Waals surface area contributed by atoms with Crippen LogP contribution in [0.3, 0.4) is 0 Å². The van der Waals surface area contributed by atoms with E-state index in [-0.39, 0.29) is 5.91 Å². The van der Waals surface area contributed by atoms with Gasteiger partial charge in [-0.25, -0.2) is 4.98 Å². The summed E-state index contributed by atoms with van der Waals surface area (Å²) in [5.41, 5.74) is 1.79. The predicted octanol–water partition coefficient (Wildman–Crippen LogP) is 4.67. The van der Waals surface area contributed by atoms with Gasteiger partial charge >= 0.3 is 0 Å². The molecule has 4 aromatic rings.